The van der Waals surface area contributed by atoms with E-state index in [1.807, 2.05) is 0 Å². The molecule has 0 spiro atoms. The summed E-state index contributed by atoms with van der Waals surface area (Å²) in [6.45, 7) is 1.69. The number of rotatable bonds is 1. The molecule has 12 heavy (non-hydrogen) atoms. The monoisotopic (exact) mass is 169 g/mol. The maximum atomic E-state index is 12.9. The minimum atomic E-state index is -0.634. The Hall–Kier alpha value is -1.38. The van der Waals surface area contributed by atoms with E-state index < -0.39 is 11.6 Å². The van der Waals surface area contributed by atoms with Gasteiger partial charge in [-0.1, -0.05) is 6.08 Å². The van der Waals surface area contributed by atoms with Crippen molar-refractivity contribution < 1.29 is 8.78 Å². The molecule has 1 nitrogen and oxygen atoms in total. The molecule has 0 unspecified atom stereocenters. The summed E-state index contributed by atoms with van der Waals surface area (Å²) in [4.78, 5) is 0. The Bertz CT molecular complexity index is 318. The average molecular weight is 169 g/mol. The number of hydrogen-bond acceptors (Lipinski definition) is 1. The maximum absolute atomic E-state index is 12.9. The standard InChI is InChI=1S/C9H9F2N/c1-2-9(12)7-4-3-6(10)5-8(7)11/h2-5H,12H2,1H3/b9-2+. The van der Waals surface area contributed by atoms with Crippen LogP contribution < -0.4 is 5.73 Å². The van der Waals surface area contributed by atoms with Crippen molar-refractivity contribution in [2.45, 2.75) is 6.92 Å². The van der Waals surface area contributed by atoms with Gasteiger partial charge in [0.15, 0.2) is 0 Å². The van der Waals surface area contributed by atoms with E-state index in [-0.39, 0.29) is 5.56 Å². The molecule has 0 amide bonds. The second-order valence-corrected chi connectivity index (χ2v) is 2.37. The van der Waals surface area contributed by atoms with Crippen LogP contribution in [0, 0.1) is 11.6 Å². The van der Waals surface area contributed by atoms with E-state index >= 15 is 0 Å². The first-order valence-electron chi connectivity index (χ1n) is 3.52. The summed E-state index contributed by atoms with van der Waals surface area (Å²) >= 11 is 0. The third-order valence-corrected chi connectivity index (χ3v) is 1.55. The molecule has 0 aliphatic rings. The number of hydrogen-bond donors (Lipinski definition) is 1. The fourth-order valence-electron chi connectivity index (χ4n) is 0.879. The molecule has 0 atom stereocenters. The molecule has 0 bridgehead atoms. The van der Waals surface area contributed by atoms with Gasteiger partial charge in [0.1, 0.15) is 11.6 Å². The fraction of sp³-hybridized carbons (Fsp3) is 0.111. The Morgan fingerprint density at radius 1 is 1.42 bits per heavy atom. The van der Waals surface area contributed by atoms with E-state index in [0.29, 0.717) is 5.70 Å². The topological polar surface area (TPSA) is 26.0 Å². The lowest BCUT2D eigenvalue weighted by molar-refractivity contribution is 0.581. The van der Waals surface area contributed by atoms with Crippen LogP contribution in [0.25, 0.3) is 5.70 Å². The largest absolute Gasteiger partial charge is 0.398 e. The molecule has 0 saturated carbocycles. The van der Waals surface area contributed by atoms with Crippen LogP contribution in [0.15, 0.2) is 24.3 Å². The van der Waals surface area contributed by atoms with Crippen molar-refractivity contribution in [3.8, 4) is 0 Å². The van der Waals surface area contributed by atoms with Crippen LogP contribution in [0.1, 0.15) is 12.5 Å². The van der Waals surface area contributed by atoms with Gasteiger partial charge in [-0.3, -0.25) is 0 Å². The summed E-state index contributed by atoms with van der Waals surface area (Å²) in [5.74, 6) is -1.23. The molecule has 0 radical (unpaired) electrons. The van der Waals surface area contributed by atoms with Crippen molar-refractivity contribution in [1.29, 1.82) is 0 Å². The predicted octanol–water partition coefficient (Wildman–Crippen LogP) is 2.28. The second-order valence-electron chi connectivity index (χ2n) is 2.37. The molecule has 0 aliphatic heterocycles. The third kappa shape index (κ3) is 1.61. The third-order valence-electron chi connectivity index (χ3n) is 1.55. The van der Waals surface area contributed by atoms with Gasteiger partial charge in [0, 0.05) is 17.3 Å². The van der Waals surface area contributed by atoms with Gasteiger partial charge in [0.2, 0.25) is 0 Å². The predicted molar refractivity (Wildman–Crippen MR) is 44.2 cm³/mol. The van der Waals surface area contributed by atoms with E-state index in [9.17, 15) is 8.78 Å². The van der Waals surface area contributed by atoms with Gasteiger partial charge < -0.3 is 5.73 Å². The van der Waals surface area contributed by atoms with E-state index in [4.69, 9.17) is 5.73 Å². The van der Waals surface area contributed by atoms with Crippen LogP contribution in [0.2, 0.25) is 0 Å². The lowest BCUT2D eigenvalue weighted by atomic mass is 10.1. The zero-order chi connectivity index (χ0) is 9.14. The molecule has 2 N–H and O–H groups in total. The van der Waals surface area contributed by atoms with E-state index in [0.717, 1.165) is 6.07 Å². The van der Waals surface area contributed by atoms with Gasteiger partial charge in [0.25, 0.3) is 0 Å². The number of nitrogens with two attached hydrogens (primary N) is 1. The quantitative estimate of drug-likeness (QED) is 0.685. The molecule has 0 saturated heterocycles. The molecule has 64 valence electrons. The summed E-state index contributed by atoms with van der Waals surface area (Å²) < 4.78 is 25.3. The Kier molecular flexibility index (Phi) is 2.43. The van der Waals surface area contributed by atoms with Crippen molar-refractivity contribution >= 4 is 5.70 Å². The van der Waals surface area contributed by atoms with Gasteiger partial charge in [-0.25, -0.2) is 8.78 Å². The fourth-order valence-corrected chi connectivity index (χ4v) is 0.879. The Labute approximate surface area is 69.5 Å². The normalized spacial score (nSPS) is 11.8. The second kappa shape index (κ2) is 3.34. The first kappa shape index (κ1) is 8.71. The van der Waals surface area contributed by atoms with Gasteiger partial charge in [-0.05, 0) is 19.1 Å². The SMILES string of the molecule is C/C=C(/N)c1ccc(F)cc1F. The van der Waals surface area contributed by atoms with Crippen molar-refractivity contribution in [2.75, 3.05) is 0 Å². The minimum absolute atomic E-state index is 0.235. The van der Waals surface area contributed by atoms with Crippen LogP contribution >= 0.6 is 0 Å². The molecule has 0 heterocycles. The molecular formula is C9H9F2N. The molecular weight excluding hydrogens is 160 g/mol. The van der Waals surface area contributed by atoms with E-state index in [2.05, 4.69) is 0 Å². The van der Waals surface area contributed by atoms with Crippen molar-refractivity contribution in [2.24, 2.45) is 5.73 Å². The molecule has 1 aromatic rings. The summed E-state index contributed by atoms with van der Waals surface area (Å²) in [6, 6.07) is 3.31. The van der Waals surface area contributed by atoms with Gasteiger partial charge in [-0.2, -0.15) is 0 Å². The van der Waals surface area contributed by atoms with Crippen LogP contribution in [-0.2, 0) is 0 Å². The van der Waals surface area contributed by atoms with Crippen molar-refractivity contribution in [3.63, 3.8) is 0 Å². The van der Waals surface area contributed by atoms with Gasteiger partial charge in [-0.15, -0.1) is 0 Å². The van der Waals surface area contributed by atoms with Gasteiger partial charge in [0.05, 0.1) is 0 Å². The van der Waals surface area contributed by atoms with Crippen LogP contribution in [0.3, 0.4) is 0 Å². The highest BCUT2D eigenvalue weighted by atomic mass is 19.1. The molecule has 3 heteroatoms. The Morgan fingerprint density at radius 3 is 2.58 bits per heavy atom. The number of benzene rings is 1. The molecule has 0 fully saturated rings. The summed E-state index contributed by atoms with van der Waals surface area (Å²) in [6.07, 6.45) is 1.57. The highest BCUT2D eigenvalue weighted by molar-refractivity contribution is 5.62. The van der Waals surface area contributed by atoms with Crippen LogP contribution in [0.4, 0.5) is 8.78 Å². The van der Waals surface area contributed by atoms with Crippen LogP contribution in [0.5, 0.6) is 0 Å². The molecule has 0 aromatic heterocycles. The molecule has 1 aromatic carbocycles. The first-order chi connectivity index (χ1) is 5.65. The summed E-state index contributed by atoms with van der Waals surface area (Å²) in [7, 11) is 0. The molecule has 0 aliphatic carbocycles. The van der Waals surface area contributed by atoms with Crippen LogP contribution in [-0.4, -0.2) is 0 Å². The van der Waals surface area contributed by atoms with Crippen molar-refractivity contribution in [3.05, 3.63) is 41.5 Å². The maximum Gasteiger partial charge on any atom is 0.135 e. The highest BCUT2D eigenvalue weighted by Crippen LogP contribution is 2.14. The summed E-state index contributed by atoms with van der Waals surface area (Å²) in [5, 5.41) is 0. The van der Waals surface area contributed by atoms with E-state index in [1.54, 1.807) is 13.0 Å². The van der Waals surface area contributed by atoms with Crippen molar-refractivity contribution in [1.82, 2.24) is 0 Å². The minimum Gasteiger partial charge on any atom is -0.398 e. The lowest BCUT2D eigenvalue weighted by Crippen LogP contribution is -1.99. The average Bonchev–Trinajstić information content (AvgIpc) is 2.03. The number of halogens is 2. The Morgan fingerprint density at radius 2 is 2.08 bits per heavy atom. The highest BCUT2D eigenvalue weighted by Gasteiger charge is 2.04. The zero-order valence-electron chi connectivity index (χ0n) is 6.64. The smallest absolute Gasteiger partial charge is 0.135 e. The van der Waals surface area contributed by atoms with Gasteiger partial charge >= 0.3 is 0 Å². The summed E-state index contributed by atoms with van der Waals surface area (Å²) in [5.41, 5.74) is 5.99. The zero-order valence-corrected chi connectivity index (χ0v) is 6.64. The number of allylic oxidation sites excluding steroid dienone is 1. The molecule has 1 rings (SSSR count). The van der Waals surface area contributed by atoms with E-state index in [1.165, 1.54) is 12.1 Å². The lowest BCUT2D eigenvalue weighted by Gasteiger charge is -2.01. The Balaban J connectivity index is 3.18. The first-order valence-corrected chi connectivity index (χ1v) is 3.52.